The lowest BCUT2D eigenvalue weighted by Crippen LogP contribution is -2.32. The predicted molar refractivity (Wildman–Crippen MR) is 78.4 cm³/mol. The van der Waals surface area contributed by atoms with E-state index in [0.717, 1.165) is 24.1 Å². The third-order valence-corrected chi connectivity index (χ3v) is 3.29. The molecule has 1 aromatic rings. The van der Waals surface area contributed by atoms with Crippen molar-refractivity contribution in [1.82, 2.24) is 10.2 Å². The third kappa shape index (κ3) is 5.66. The Labute approximate surface area is 114 Å². The summed E-state index contributed by atoms with van der Waals surface area (Å²) >= 11 is 3.53. The molecule has 0 saturated carbocycles. The van der Waals surface area contributed by atoms with E-state index in [4.69, 9.17) is 0 Å². The van der Waals surface area contributed by atoms with E-state index in [1.807, 2.05) is 0 Å². The standard InChI is InChI=1S/C14H23BrN2/c1-11(2)16-7-8-17(4)10-13-9-14(15)6-5-12(13)3/h5-6,9,11,16H,7-8,10H2,1-4H3. The van der Waals surface area contributed by atoms with Gasteiger partial charge in [-0.2, -0.15) is 0 Å². The van der Waals surface area contributed by atoms with Crippen LogP contribution in [0, 0.1) is 6.92 Å². The SMILES string of the molecule is Cc1ccc(Br)cc1CN(C)CCNC(C)C. The fourth-order valence-corrected chi connectivity index (χ4v) is 2.13. The molecule has 0 radical (unpaired) electrons. The van der Waals surface area contributed by atoms with Crippen molar-refractivity contribution in [2.45, 2.75) is 33.4 Å². The minimum Gasteiger partial charge on any atom is -0.313 e. The topological polar surface area (TPSA) is 15.3 Å². The molecule has 3 heteroatoms. The number of halogens is 1. The highest BCUT2D eigenvalue weighted by Crippen LogP contribution is 2.17. The molecule has 0 aliphatic heterocycles. The Morgan fingerprint density at radius 1 is 1.35 bits per heavy atom. The lowest BCUT2D eigenvalue weighted by molar-refractivity contribution is 0.319. The van der Waals surface area contributed by atoms with Crippen LogP contribution in [0.25, 0.3) is 0 Å². The summed E-state index contributed by atoms with van der Waals surface area (Å²) in [6.07, 6.45) is 0. The summed E-state index contributed by atoms with van der Waals surface area (Å²) in [6, 6.07) is 7.04. The predicted octanol–water partition coefficient (Wildman–Crippen LogP) is 3.19. The van der Waals surface area contributed by atoms with Crippen LogP contribution in [0.15, 0.2) is 22.7 Å². The molecular formula is C14H23BrN2. The van der Waals surface area contributed by atoms with Crippen LogP contribution in [0.4, 0.5) is 0 Å². The highest BCUT2D eigenvalue weighted by molar-refractivity contribution is 9.10. The average Bonchev–Trinajstić information content (AvgIpc) is 2.23. The van der Waals surface area contributed by atoms with E-state index in [-0.39, 0.29) is 0 Å². The summed E-state index contributed by atoms with van der Waals surface area (Å²) < 4.78 is 1.16. The van der Waals surface area contributed by atoms with Gasteiger partial charge in [-0.1, -0.05) is 35.8 Å². The molecule has 0 bridgehead atoms. The summed E-state index contributed by atoms with van der Waals surface area (Å²) in [5.41, 5.74) is 2.75. The first-order chi connectivity index (χ1) is 7.99. The molecule has 0 heterocycles. The van der Waals surface area contributed by atoms with Crippen molar-refractivity contribution in [1.29, 1.82) is 0 Å². The monoisotopic (exact) mass is 298 g/mol. The third-order valence-electron chi connectivity index (χ3n) is 2.80. The van der Waals surface area contributed by atoms with Gasteiger partial charge < -0.3 is 10.2 Å². The number of nitrogens with zero attached hydrogens (tertiary/aromatic N) is 1. The van der Waals surface area contributed by atoms with Gasteiger partial charge in [0.1, 0.15) is 0 Å². The van der Waals surface area contributed by atoms with Crippen molar-refractivity contribution < 1.29 is 0 Å². The molecule has 0 amide bonds. The van der Waals surface area contributed by atoms with Crippen LogP contribution in [0.3, 0.4) is 0 Å². The molecule has 0 spiro atoms. The van der Waals surface area contributed by atoms with Gasteiger partial charge in [-0.15, -0.1) is 0 Å². The van der Waals surface area contributed by atoms with Crippen LogP contribution in [-0.2, 0) is 6.54 Å². The quantitative estimate of drug-likeness (QED) is 0.868. The van der Waals surface area contributed by atoms with Gasteiger partial charge in [-0.25, -0.2) is 0 Å². The molecule has 1 N–H and O–H groups in total. The second-order valence-electron chi connectivity index (χ2n) is 4.92. The van der Waals surface area contributed by atoms with Gasteiger partial charge in [0.25, 0.3) is 0 Å². The molecule has 0 saturated heterocycles. The van der Waals surface area contributed by atoms with E-state index in [2.05, 4.69) is 72.2 Å². The summed E-state index contributed by atoms with van der Waals surface area (Å²) in [5.74, 6) is 0. The molecule has 0 aliphatic carbocycles. The minimum atomic E-state index is 0.566. The van der Waals surface area contributed by atoms with E-state index in [1.54, 1.807) is 0 Å². The molecule has 96 valence electrons. The smallest absolute Gasteiger partial charge is 0.0234 e. The lowest BCUT2D eigenvalue weighted by Gasteiger charge is -2.19. The first-order valence-corrected chi connectivity index (χ1v) is 6.95. The van der Waals surface area contributed by atoms with Crippen LogP contribution in [0.2, 0.25) is 0 Å². The number of nitrogens with one attached hydrogen (secondary N) is 1. The Morgan fingerprint density at radius 3 is 2.71 bits per heavy atom. The first kappa shape index (κ1) is 14.7. The van der Waals surface area contributed by atoms with E-state index in [1.165, 1.54) is 11.1 Å². The molecule has 0 atom stereocenters. The van der Waals surface area contributed by atoms with Crippen LogP contribution in [-0.4, -0.2) is 31.1 Å². The molecule has 0 aliphatic rings. The van der Waals surface area contributed by atoms with Gasteiger partial charge in [0.05, 0.1) is 0 Å². The molecule has 2 nitrogen and oxygen atoms in total. The van der Waals surface area contributed by atoms with Crippen molar-refractivity contribution in [3.63, 3.8) is 0 Å². The van der Waals surface area contributed by atoms with Crippen molar-refractivity contribution in [3.8, 4) is 0 Å². The van der Waals surface area contributed by atoms with Gasteiger partial charge in [-0.05, 0) is 37.2 Å². The highest BCUT2D eigenvalue weighted by atomic mass is 79.9. The van der Waals surface area contributed by atoms with Gasteiger partial charge in [-0.3, -0.25) is 0 Å². The van der Waals surface area contributed by atoms with Crippen LogP contribution in [0.5, 0.6) is 0 Å². The van der Waals surface area contributed by atoms with E-state index >= 15 is 0 Å². The molecule has 1 rings (SSSR count). The number of benzene rings is 1. The molecule has 0 unspecified atom stereocenters. The number of hydrogen-bond acceptors (Lipinski definition) is 2. The van der Waals surface area contributed by atoms with Crippen LogP contribution >= 0.6 is 15.9 Å². The molecule has 1 aromatic carbocycles. The molecule has 17 heavy (non-hydrogen) atoms. The molecule has 0 aromatic heterocycles. The maximum Gasteiger partial charge on any atom is 0.0234 e. The maximum atomic E-state index is 3.53. The first-order valence-electron chi connectivity index (χ1n) is 6.16. The Bertz CT molecular complexity index is 350. The minimum absolute atomic E-state index is 0.566. The number of aryl methyl sites for hydroxylation is 1. The van der Waals surface area contributed by atoms with Gasteiger partial charge in [0, 0.05) is 30.1 Å². The normalized spacial score (nSPS) is 11.5. The van der Waals surface area contributed by atoms with Gasteiger partial charge in [0.15, 0.2) is 0 Å². The second-order valence-corrected chi connectivity index (χ2v) is 5.83. The van der Waals surface area contributed by atoms with E-state index in [9.17, 15) is 0 Å². The number of rotatable bonds is 6. The zero-order chi connectivity index (χ0) is 12.8. The second kappa shape index (κ2) is 7.14. The molecule has 0 fully saturated rings. The Hall–Kier alpha value is -0.380. The summed E-state index contributed by atoms with van der Waals surface area (Å²) in [4.78, 5) is 2.35. The van der Waals surface area contributed by atoms with E-state index in [0.29, 0.717) is 6.04 Å². The van der Waals surface area contributed by atoms with Crippen molar-refractivity contribution in [2.24, 2.45) is 0 Å². The number of hydrogen-bond donors (Lipinski definition) is 1. The maximum absolute atomic E-state index is 3.53. The lowest BCUT2D eigenvalue weighted by atomic mass is 10.1. The fraction of sp³-hybridized carbons (Fsp3) is 0.571. The summed E-state index contributed by atoms with van der Waals surface area (Å²) in [6.45, 7) is 9.65. The van der Waals surface area contributed by atoms with Crippen LogP contribution in [0.1, 0.15) is 25.0 Å². The summed E-state index contributed by atoms with van der Waals surface area (Å²) in [7, 11) is 2.17. The zero-order valence-electron chi connectivity index (χ0n) is 11.3. The average molecular weight is 299 g/mol. The van der Waals surface area contributed by atoms with Crippen molar-refractivity contribution in [2.75, 3.05) is 20.1 Å². The summed E-state index contributed by atoms with van der Waals surface area (Å²) in [5, 5.41) is 3.44. The largest absolute Gasteiger partial charge is 0.313 e. The Balaban J connectivity index is 2.44. The Morgan fingerprint density at radius 2 is 2.06 bits per heavy atom. The fourth-order valence-electron chi connectivity index (χ4n) is 1.72. The van der Waals surface area contributed by atoms with Gasteiger partial charge >= 0.3 is 0 Å². The molecular weight excluding hydrogens is 276 g/mol. The van der Waals surface area contributed by atoms with Crippen LogP contribution < -0.4 is 5.32 Å². The number of likely N-dealkylation sites (N-methyl/N-ethyl adjacent to an activating group) is 1. The van der Waals surface area contributed by atoms with E-state index < -0.39 is 0 Å². The highest BCUT2D eigenvalue weighted by Gasteiger charge is 2.04. The van der Waals surface area contributed by atoms with Crippen molar-refractivity contribution in [3.05, 3.63) is 33.8 Å². The Kier molecular flexibility index (Phi) is 6.17. The zero-order valence-corrected chi connectivity index (χ0v) is 12.8. The van der Waals surface area contributed by atoms with Gasteiger partial charge in [0.2, 0.25) is 0 Å². The van der Waals surface area contributed by atoms with Crippen molar-refractivity contribution >= 4 is 15.9 Å².